The third kappa shape index (κ3) is 3.27. The zero-order chi connectivity index (χ0) is 13.8. The summed E-state index contributed by atoms with van der Waals surface area (Å²) in [6.07, 6.45) is 0.638. The SMILES string of the molecule is CCc1nc(CN(C)S(=O)(=O)N(CC)CC)no1. The molecular weight excluding hydrogens is 256 g/mol. The highest BCUT2D eigenvalue weighted by Crippen LogP contribution is 2.09. The van der Waals surface area contributed by atoms with Crippen LogP contribution in [-0.2, 0) is 23.2 Å². The van der Waals surface area contributed by atoms with Crippen molar-refractivity contribution in [2.75, 3.05) is 20.1 Å². The number of rotatable bonds is 7. The summed E-state index contributed by atoms with van der Waals surface area (Å²) < 4.78 is 31.8. The molecule has 0 saturated heterocycles. The van der Waals surface area contributed by atoms with Crippen molar-refractivity contribution in [2.45, 2.75) is 33.7 Å². The lowest BCUT2D eigenvalue weighted by atomic mass is 10.5. The normalized spacial score (nSPS) is 12.6. The van der Waals surface area contributed by atoms with E-state index in [1.807, 2.05) is 6.92 Å². The summed E-state index contributed by atoms with van der Waals surface area (Å²) in [6.45, 7) is 6.50. The smallest absolute Gasteiger partial charge is 0.282 e. The highest BCUT2D eigenvalue weighted by atomic mass is 32.2. The van der Waals surface area contributed by atoms with Gasteiger partial charge in [0.05, 0.1) is 6.54 Å². The molecule has 1 heterocycles. The Kier molecular flexibility index (Phi) is 5.24. The highest BCUT2D eigenvalue weighted by molar-refractivity contribution is 7.86. The number of aromatic nitrogens is 2. The first-order chi connectivity index (χ1) is 8.45. The maximum atomic E-state index is 12.1. The lowest BCUT2D eigenvalue weighted by molar-refractivity contribution is 0.353. The third-order valence-corrected chi connectivity index (χ3v) is 4.69. The first-order valence-corrected chi connectivity index (χ1v) is 7.38. The predicted octanol–water partition coefficient (Wildman–Crippen LogP) is 0.650. The fourth-order valence-electron chi connectivity index (χ4n) is 1.53. The minimum absolute atomic E-state index is 0.113. The van der Waals surface area contributed by atoms with Crippen molar-refractivity contribution in [2.24, 2.45) is 0 Å². The molecule has 0 aromatic carbocycles. The minimum Gasteiger partial charge on any atom is -0.339 e. The zero-order valence-corrected chi connectivity index (χ0v) is 12.1. The van der Waals surface area contributed by atoms with E-state index in [9.17, 15) is 8.42 Å². The van der Waals surface area contributed by atoms with Crippen LogP contribution >= 0.6 is 0 Å². The van der Waals surface area contributed by atoms with E-state index in [-0.39, 0.29) is 6.54 Å². The van der Waals surface area contributed by atoms with Crippen LogP contribution in [0.3, 0.4) is 0 Å². The van der Waals surface area contributed by atoms with E-state index in [0.717, 1.165) is 0 Å². The van der Waals surface area contributed by atoms with Gasteiger partial charge in [-0.1, -0.05) is 25.9 Å². The van der Waals surface area contributed by atoms with Crippen LogP contribution in [0.25, 0.3) is 0 Å². The molecule has 104 valence electrons. The molecule has 0 amide bonds. The molecule has 0 aliphatic heterocycles. The summed E-state index contributed by atoms with van der Waals surface area (Å²) in [6, 6.07) is 0. The van der Waals surface area contributed by atoms with Gasteiger partial charge in [0.25, 0.3) is 10.2 Å². The van der Waals surface area contributed by atoms with Crippen molar-refractivity contribution in [3.8, 4) is 0 Å². The Labute approximate surface area is 108 Å². The van der Waals surface area contributed by atoms with Crippen molar-refractivity contribution in [1.82, 2.24) is 18.8 Å². The molecule has 0 aliphatic carbocycles. The second-order valence-corrected chi connectivity index (χ2v) is 5.84. The predicted molar refractivity (Wildman–Crippen MR) is 67.0 cm³/mol. The Morgan fingerprint density at radius 3 is 2.28 bits per heavy atom. The van der Waals surface area contributed by atoms with Crippen LogP contribution in [-0.4, -0.2) is 47.3 Å². The molecule has 8 heteroatoms. The molecule has 0 N–H and O–H groups in total. The maximum absolute atomic E-state index is 12.1. The van der Waals surface area contributed by atoms with Crippen LogP contribution in [0.4, 0.5) is 0 Å². The number of hydrogen-bond donors (Lipinski definition) is 0. The van der Waals surface area contributed by atoms with Gasteiger partial charge in [-0.2, -0.15) is 22.0 Å². The molecule has 0 spiro atoms. The molecule has 0 bridgehead atoms. The molecule has 1 aromatic heterocycles. The lowest BCUT2D eigenvalue weighted by Crippen LogP contribution is -2.41. The molecule has 0 atom stereocenters. The Hall–Kier alpha value is -0.990. The molecule has 0 unspecified atom stereocenters. The van der Waals surface area contributed by atoms with Gasteiger partial charge in [0, 0.05) is 26.6 Å². The fraction of sp³-hybridized carbons (Fsp3) is 0.800. The second-order valence-electron chi connectivity index (χ2n) is 3.81. The van der Waals surface area contributed by atoms with E-state index in [1.54, 1.807) is 13.8 Å². The second kappa shape index (κ2) is 6.26. The van der Waals surface area contributed by atoms with E-state index >= 15 is 0 Å². The summed E-state index contributed by atoms with van der Waals surface area (Å²) >= 11 is 0. The van der Waals surface area contributed by atoms with E-state index < -0.39 is 10.2 Å². The lowest BCUT2D eigenvalue weighted by Gasteiger charge is -2.24. The summed E-state index contributed by atoms with van der Waals surface area (Å²) in [5, 5.41) is 3.74. The largest absolute Gasteiger partial charge is 0.339 e. The molecule has 18 heavy (non-hydrogen) atoms. The molecule has 0 aliphatic rings. The number of hydrogen-bond acceptors (Lipinski definition) is 5. The van der Waals surface area contributed by atoms with Crippen LogP contribution in [0.15, 0.2) is 4.52 Å². The van der Waals surface area contributed by atoms with E-state index in [1.165, 1.54) is 15.7 Å². The highest BCUT2D eigenvalue weighted by Gasteiger charge is 2.25. The van der Waals surface area contributed by atoms with Gasteiger partial charge in [0.15, 0.2) is 5.82 Å². The molecule has 0 fully saturated rings. The zero-order valence-electron chi connectivity index (χ0n) is 11.3. The molecular formula is C10H20N4O3S. The van der Waals surface area contributed by atoms with Gasteiger partial charge in [-0.3, -0.25) is 0 Å². The Morgan fingerprint density at radius 1 is 1.22 bits per heavy atom. The van der Waals surface area contributed by atoms with E-state index in [4.69, 9.17) is 4.52 Å². The fourth-order valence-corrected chi connectivity index (χ4v) is 2.85. The maximum Gasteiger partial charge on any atom is 0.282 e. The van der Waals surface area contributed by atoms with Gasteiger partial charge in [0.1, 0.15) is 0 Å². The average molecular weight is 276 g/mol. The van der Waals surface area contributed by atoms with Crippen LogP contribution < -0.4 is 0 Å². The van der Waals surface area contributed by atoms with Gasteiger partial charge < -0.3 is 4.52 Å². The van der Waals surface area contributed by atoms with Crippen LogP contribution in [0.5, 0.6) is 0 Å². The standard InChI is InChI=1S/C10H20N4O3S/c1-5-10-11-9(12-17-10)8-13(4)18(15,16)14(6-2)7-3/h5-8H2,1-4H3. The van der Waals surface area contributed by atoms with E-state index in [0.29, 0.717) is 31.2 Å². The van der Waals surface area contributed by atoms with Crippen LogP contribution in [0.2, 0.25) is 0 Å². The molecule has 0 radical (unpaired) electrons. The number of nitrogens with zero attached hydrogens (tertiary/aromatic N) is 4. The third-order valence-electron chi connectivity index (χ3n) is 2.60. The van der Waals surface area contributed by atoms with Crippen molar-refractivity contribution >= 4 is 10.2 Å². The van der Waals surface area contributed by atoms with Crippen molar-refractivity contribution < 1.29 is 12.9 Å². The van der Waals surface area contributed by atoms with Gasteiger partial charge in [0.2, 0.25) is 5.89 Å². The molecule has 7 nitrogen and oxygen atoms in total. The molecule has 0 saturated carbocycles. The van der Waals surface area contributed by atoms with Gasteiger partial charge in [-0.05, 0) is 0 Å². The first kappa shape index (κ1) is 15.1. The average Bonchev–Trinajstić information content (AvgIpc) is 2.78. The van der Waals surface area contributed by atoms with Crippen molar-refractivity contribution in [3.05, 3.63) is 11.7 Å². The number of aryl methyl sites for hydroxylation is 1. The first-order valence-electron chi connectivity index (χ1n) is 5.98. The summed E-state index contributed by atoms with van der Waals surface area (Å²) in [4.78, 5) is 4.09. The summed E-state index contributed by atoms with van der Waals surface area (Å²) in [7, 11) is -1.94. The van der Waals surface area contributed by atoms with Gasteiger partial charge in [-0.15, -0.1) is 0 Å². The van der Waals surface area contributed by atoms with Crippen molar-refractivity contribution in [1.29, 1.82) is 0 Å². The van der Waals surface area contributed by atoms with Gasteiger partial charge in [-0.25, -0.2) is 0 Å². The summed E-state index contributed by atoms with van der Waals surface area (Å²) in [5.41, 5.74) is 0. The topological polar surface area (TPSA) is 79.5 Å². The monoisotopic (exact) mass is 276 g/mol. The Morgan fingerprint density at radius 2 is 1.83 bits per heavy atom. The molecule has 1 rings (SSSR count). The van der Waals surface area contributed by atoms with Gasteiger partial charge >= 0.3 is 0 Å². The molecule has 1 aromatic rings. The Balaban J connectivity index is 2.78. The summed E-state index contributed by atoms with van der Waals surface area (Å²) in [5.74, 6) is 0.892. The van der Waals surface area contributed by atoms with Crippen LogP contribution in [0, 0.1) is 0 Å². The van der Waals surface area contributed by atoms with Crippen LogP contribution in [0.1, 0.15) is 32.5 Å². The van der Waals surface area contributed by atoms with E-state index in [2.05, 4.69) is 10.1 Å². The quantitative estimate of drug-likeness (QED) is 0.730. The Bertz CT molecular complexity index is 467. The minimum atomic E-state index is -3.45. The van der Waals surface area contributed by atoms with Crippen molar-refractivity contribution in [3.63, 3.8) is 0 Å².